The Kier molecular flexibility index (Phi) is 6.01. The highest BCUT2D eigenvalue weighted by Crippen LogP contribution is 2.22. The van der Waals surface area contributed by atoms with Gasteiger partial charge in [0.25, 0.3) is 0 Å². The summed E-state index contributed by atoms with van der Waals surface area (Å²) in [5.41, 5.74) is 6.39. The number of unbranched alkanes of at least 4 members (excludes halogenated alkanes) is 1. The molecule has 1 aromatic rings. The molecule has 1 rings (SSSR count). The molecule has 1 atom stereocenters. The summed E-state index contributed by atoms with van der Waals surface area (Å²) in [6, 6.07) is 5.45. The van der Waals surface area contributed by atoms with E-state index >= 15 is 0 Å². The molecule has 2 N–H and O–H groups in total. The van der Waals surface area contributed by atoms with Crippen LogP contribution in [0.3, 0.4) is 0 Å². The summed E-state index contributed by atoms with van der Waals surface area (Å²) >= 11 is 3.32. The van der Waals surface area contributed by atoms with E-state index in [4.69, 9.17) is 10.5 Å². The molecule has 0 fully saturated rings. The van der Waals surface area contributed by atoms with Crippen LogP contribution >= 0.6 is 15.9 Å². The molecule has 1 unspecified atom stereocenters. The van der Waals surface area contributed by atoms with E-state index in [1.807, 2.05) is 12.1 Å². The number of nitrogens with two attached hydrogens (primary N) is 1. The van der Waals surface area contributed by atoms with E-state index in [2.05, 4.69) is 15.9 Å². The minimum atomic E-state index is -1.01. The molecule has 0 aliphatic rings. The van der Waals surface area contributed by atoms with Crippen molar-refractivity contribution in [2.45, 2.75) is 17.7 Å². The van der Waals surface area contributed by atoms with E-state index in [1.54, 1.807) is 13.2 Å². The van der Waals surface area contributed by atoms with E-state index in [0.29, 0.717) is 18.0 Å². The van der Waals surface area contributed by atoms with Gasteiger partial charge in [-0.15, -0.1) is 0 Å². The lowest BCUT2D eigenvalue weighted by molar-refractivity contribution is 0.194. The number of methoxy groups -OCH3 is 1. The van der Waals surface area contributed by atoms with Crippen LogP contribution in [0.5, 0.6) is 0 Å². The zero-order chi connectivity index (χ0) is 12.0. The van der Waals surface area contributed by atoms with Crippen LogP contribution in [0.2, 0.25) is 0 Å². The standard InChI is InChI=1S/C11H16BrNO2S/c1-15-6-2-3-7-16(14)11-5-4-9(12)8-10(11)13/h4-5,8H,2-3,6-7,13H2,1H3. The molecule has 0 aromatic heterocycles. The first-order valence-corrected chi connectivity index (χ1v) is 7.18. The van der Waals surface area contributed by atoms with Gasteiger partial charge in [0.1, 0.15) is 0 Å². The normalized spacial score (nSPS) is 12.6. The second-order valence-electron chi connectivity index (χ2n) is 3.43. The predicted octanol–water partition coefficient (Wildman–Crippen LogP) is 2.57. The number of nitrogen functional groups attached to an aromatic ring is 1. The maximum absolute atomic E-state index is 11.9. The van der Waals surface area contributed by atoms with Crippen LogP contribution in [0.4, 0.5) is 5.69 Å². The van der Waals surface area contributed by atoms with Crippen molar-refractivity contribution in [2.24, 2.45) is 0 Å². The second-order valence-corrected chi connectivity index (χ2v) is 5.89. The van der Waals surface area contributed by atoms with Gasteiger partial charge in [-0.1, -0.05) is 15.9 Å². The maximum atomic E-state index is 11.9. The molecule has 5 heteroatoms. The third-order valence-corrected chi connectivity index (χ3v) is 4.16. The zero-order valence-electron chi connectivity index (χ0n) is 9.24. The Morgan fingerprint density at radius 1 is 1.44 bits per heavy atom. The topological polar surface area (TPSA) is 52.3 Å². The van der Waals surface area contributed by atoms with Crippen LogP contribution < -0.4 is 5.73 Å². The number of rotatable bonds is 6. The first-order chi connectivity index (χ1) is 7.65. The monoisotopic (exact) mass is 305 g/mol. The smallest absolute Gasteiger partial charge is 0.0618 e. The lowest BCUT2D eigenvalue weighted by Gasteiger charge is -2.06. The second kappa shape index (κ2) is 7.04. The maximum Gasteiger partial charge on any atom is 0.0618 e. The van der Waals surface area contributed by atoms with Crippen molar-refractivity contribution in [3.8, 4) is 0 Å². The van der Waals surface area contributed by atoms with Gasteiger partial charge >= 0.3 is 0 Å². The highest BCUT2D eigenvalue weighted by atomic mass is 79.9. The van der Waals surface area contributed by atoms with E-state index in [9.17, 15) is 4.21 Å². The van der Waals surface area contributed by atoms with E-state index in [0.717, 1.165) is 22.2 Å². The van der Waals surface area contributed by atoms with Crippen LogP contribution in [-0.4, -0.2) is 23.7 Å². The molecule has 0 heterocycles. The molecule has 0 spiro atoms. The van der Waals surface area contributed by atoms with E-state index < -0.39 is 10.8 Å². The van der Waals surface area contributed by atoms with Crippen molar-refractivity contribution >= 4 is 32.4 Å². The fourth-order valence-electron chi connectivity index (χ4n) is 1.32. The number of benzene rings is 1. The van der Waals surface area contributed by atoms with Crippen LogP contribution in [0.15, 0.2) is 27.6 Å². The Balaban J connectivity index is 2.53. The SMILES string of the molecule is COCCCCS(=O)c1ccc(Br)cc1N. The molecule has 0 amide bonds. The fraction of sp³-hybridized carbons (Fsp3) is 0.455. The Labute approximate surface area is 107 Å². The molecule has 90 valence electrons. The molecule has 1 aromatic carbocycles. The van der Waals surface area contributed by atoms with Crippen molar-refractivity contribution in [3.05, 3.63) is 22.7 Å². The highest BCUT2D eigenvalue weighted by Gasteiger charge is 2.07. The Morgan fingerprint density at radius 3 is 2.81 bits per heavy atom. The third-order valence-electron chi connectivity index (χ3n) is 2.15. The van der Waals surface area contributed by atoms with Gasteiger partial charge in [0.05, 0.1) is 15.7 Å². The van der Waals surface area contributed by atoms with Crippen LogP contribution in [-0.2, 0) is 15.5 Å². The molecule has 0 radical (unpaired) electrons. The van der Waals surface area contributed by atoms with Gasteiger partial charge in [-0.05, 0) is 31.0 Å². The van der Waals surface area contributed by atoms with Gasteiger partial charge in [-0.25, -0.2) is 0 Å². The van der Waals surface area contributed by atoms with Crippen molar-refractivity contribution < 1.29 is 8.95 Å². The largest absolute Gasteiger partial charge is 0.398 e. The number of hydrogen-bond donors (Lipinski definition) is 1. The number of ether oxygens (including phenoxy) is 1. The van der Waals surface area contributed by atoms with Crippen molar-refractivity contribution in [3.63, 3.8) is 0 Å². The number of hydrogen-bond acceptors (Lipinski definition) is 3. The van der Waals surface area contributed by atoms with Gasteiger partial charge in [-0.2, -0.15) is 0 Å². The lowest BCUT2D eigenvalue weighted by Crippen LogP contribution is -2.03. The van der Waals surface area contributed by atoms with Gasteiger partial charge in [0, 0.05) is 29.6 Å². The Bertz CT molecular complexity index is 371. The third kappa shape index (κ3) is 4.23. The Hall–Kier alpha value is -0.390. The quantitative estimate of drug-likeness (QED) is 0.649. The molecule has 0 saturated heterocycles. The van der Waals surface area contributed by atoms with Gasteiger partial charge < -0.3 is 10.5 Å². The molecular weight excluding hydrogens is 290 g/mol. The highest BCUT2D eigenvalue weighted by molar-refractivity contribution is 9.10. The van der Waals surface area contributed by atoms with E-state index in [-0.39, 0.29) is 0 Å². The minimum Gasteiger partial charge on any atom is -0.398 e. The minimum absolute atomic E-state index is 0.583. The van der Waals surface area contributed by atoms with Gasteiger partial charge in [0.15, 0.2) is 0 Å². The summed E-state index contributed by atoms with van der Waals surface area (Å²) in [6.07, 6.45) is 1.81. The first kappa shape index (κ1) is 13.7. The summed E-state index contributed by atoms with van der Waals surface area (Å²) in [7, 11) is 0.662. The van der Waals surface area contributed by atoms with E-state index in [1.165, 1.54) is 0 Å². The van der Waals surface area contributed by atoms with Gasteiger partial charge in [0.2, 0.25) is 0 Å². The predicted molar refractivity (Wildman–Crippen MR) is 70.9 cm³/mol. The van der Waals surface area contributed by atoms with Crippen LogP contribution in [0, 0.1) is 0 Å². The van der Waals surface area contributed by atoms with Crippen LogP contribution in [0.25, 0.3) is 0 Å². The average Bonchev–Trinajstić information content (AvgIpc) is 2.24. The lowest BCUT2D eigenvalue weighted by atomic mass is 10.3. The zero-order valence-corrected chi connectivity index (χ0v) is 11.6. The molecule has 3 nitrogen and oxygen atoms in total. The summed E-state index contributed by atoms with van der Waals surface area (Å²) < 4.78 is 17.8. The molecule has 0 bridgehead atoms. The molecule has 0 aliphatic carbocycles. The fourth-order valence-corrected chi connectivity index (χ4v) is 2.92. The summed E-state index contributed by atoms with van der Waals surface area (Å²) in [6.45, 7) is 0.715. The molecular formula is C11H16BrNO2S. The number of halogens is 1. The van der Waals surface area contributed by atoms with Crippen molar-refractivity contribution in [2.75, 3.05) is 25.2 Å². The Morgan fingerprint density at radius 2 is 2.19 bits per heavy atom. The molecule has 0 saturated carbocycles. The number of anilines is 1. The molecule has 16 heavy (non-hydrogen) atoms. The summed E-state index contributed by atoms with van der Waals surface area (Å²) in [5, 5.41) is 0. The first-order valence-electron chi connectivity index (χ1n) is 5.07. The summed E-state index contributed by atoms with van der Waals surface area (Å²) in [5.74, 6) is 0.634. The van der Waals surface area contributed by atoms with Gasteiger partial charge in [-0.3, -0.25) is 4.21 Å². The average molecular weight is 306 g/mol. The van der Waals surface area contributed by atoms with Crippen LogP contribution in [0.1, 0.15) is 12.8 Å². The van der Waals surface area contributed by atoms with Crippen molar-refractivity contribution in [1.29, 1.82) is 0 Å². The molecule has 0 aliphatic heterocycles. The van der Waals surface area contributed by atoms with Crippen molar-refractivity contribution in [1.82, 2.24) is 0 Å². The summed E-state index contributed by atoms with van der Waals surface area (Å²) in [4.78, 5) is 0.723.